The van der Waals surface area contributed by atoms with Gasteiger partial charge in [0.15, 0.2) is 0 Å². The number of rotatable bonds is 12. The third-order valence-electron chi connectivity index (χ3n) is 6.45. The fraction of sp³-hybridized carbons (Fsp3) is 0.760. The zero-order valence-corrected chi connectivity index (χ0v) is 19.0. The molecule has 0 aromatic carbocycles. The van der Waals surface area contributed by atoms with Gasteiger partial charge in [0.05, 0.1) is 0 Å². The van der Waals surface area contributed by atoms with Crippen LogP contribution in [0, 0.1) is 0 Å². The molecule has 0 aliphatic heterocycles. The molecule has 2 aliphatic carbocycles. The first-order valence-corrected chi connectivity index (χ1v) is 11.7. The van der Waals surface area contributed by atoms with Crippen LogP contribution < -0.4 is 0 Å². The number of carbonyl (C=O) groups excluding carboxylic acids is 2. The third-order valence-corrected chi connectivity index (χ3v) is 6.45. The van der Waals surface area contributed by atoms with E-state index in [2.05, 4.69) is 26.0 Å². The molecular weight excluding hydrogens is 364 g/mol. The Hall–Kier alpha value is -1.58. The fourth-order valence-electron chi connectivity index (χ4n) is 4.59. The van der Waals surface area contributed by atoms with Gasteiger partial charge in [-0.25, -0.2) is 0 Å². The van der Waals surface area contributed by atoms with E-state index in [1.807, 2.05) is 13.8 Å². The van der Waals surface area contributed by atoms with Crippen molar-refractivity contribution >= 4 is 11.9 Å². The van der Waals surface area contributed by atoms with E-state index in [1.165, 1.54) is 36.8 Å². The maximum Gasteiger partial charge on any atom is 0.318 e. The van der Waals surface area contributed by atoms with E-state index in [0.29, 0.717) is 0 Å². The molecule has 0 heterocycles. The van der Waals surface area contributed by atoms with Crippen LogP contribution in [0.25, 0.3) is 0 Å². The van der Waals surface area contributed by atoms with Gasteiger partial charge in [0.1, 0.15) is 17.6 Å². The predicted octanol–water partition coefficient (Wildman–Crippen LogP) is 6.58. The normalized spacial score (nSPS) is 26.2. The van der Waals surface area contributed by atoms with Gasteiger partial charge >= 0.3 is 11.9 Å². The van der Waals surface area contributed by atoms with E-state index in [9.17, 15) is 9.59 Å². The lowest BCUT2D eigenvalue weighted by molar-refractivity contribution is -0.166. The first kappa shape index (κ1) is 23.7. The van der Waals surface area contributed by atoms with E-state index in [-0.39, 0.29) is 6.42 Å². The van der Waals surface area contributed by atoms with Crippen molar-refractivity contribution in [1.29, 1.82) is 0 Å². The molecule has 0 unspecified atom stereocenters. The van der Waals surface area contributed by atoms with Crippen LogP contribution in [0.1, 0.15) is 111 Å². The van der Waals surface area contributed by atoms with Crippen LogP contribution in [0.5, 0.6) is 0 Å². The van der Waals surface area contributed by atoms with Crippen molar-refractivity contribution in [3.63, 3.8) is 0 Å². The summed E-state index contributed by atoms with van der Waals surface area (Å²) in [6.07, 6.45) is 16.4. The summed E-state index contributed by atoms with van der Waals surface area (Å²) in [6, 6.07) is 0. The second-order valence-electron chi connectivity index (χ2n) is 9.04. The van der Waals surface area contributed by atoms with Crippen molar-refractivity contribution in [2.24, 2.45) is 0 Å². The lowest BCUT2D eigenvalue weighted by atomic mass is 9.93. The second-order valence-corrected chi connectivity index (χ2v) is 9.04. The Labute approximate surface area is 177 Å². The van der Waals surface area contributed by atoms with Crippen molar-refractivity contribution < 1.29 is 19.1 Å². The minimum Gasteiger partial charge on any atom is -0.454 e. The summed E-state index contributed by atoms with van der Waals surface area (Å²) in [6.45, 7) is 8.33. The molecule has 2 rings (SSSR count). The van der Waals surface area contributed by atoms with Crippen LogP contribution in [0.4, 0.5) is 0 Å². The Balaban J connectivity index is 1.85. The lowest BCUT2D eigenvalue weighted by Crippen LogP contribution is -2.35. The fourth-order valence-corrected chi connectivity index (χ4v) is 4.59. The van der Waals surface area contributed by atoms with E-state index in [0.717, 1.165) is 51.4 Å². The van der Waals surface area contributed by atoms with Crippen LogP contribution in [-0.2, 0) is 19.1 Å². The van der Waals surface area contributed by atoms with Gasteiger partial charge in [-0.2, -0.15) is 0 Å². The van der Waals surface area contributed by atoms with Gasteiger partial charge in [0.2, 0.25) is 0 Å². The maximum atomic E-state index is 12.5. The highest BCUT2D eigenvalue weighted by atomic mass is 16.6. The van der Waals surface area contributed by atoms with Crippen LogP contribution >= 0.6 is 0 Å². The van der Waals surface area contributed by atoms with Gasteiger partial charge in [-0.3, -0.25) is 9.59 Å². The highest BCUT2D eigenvalue weighted by Crippen LogP contribution is 2.38. The van der Waals surface area contributed by atoms with Gasteiger partial charge in [-0.15, -0.1) is 0 Å². The molecule has 0 aromatic rings. The van der Waals surface area contributed by atoms with Gasteiger partial charge in [0, 0.05) is 0 Å². The number of allylic oxidation sites excluding steroid dienone is 2. The molecular formula is C25H40O4. The number of carbonyl (C=O) groups is 2. The molecule has 0 spiro atoms. The summed E-state index contributed by atoms with van der Waals surface area (Å²) in [4.78, 5) is 25.0. The molecule has 0 N–H and O–H groups in total. The standard InChI is InChI=1S/C25H40O4/c1-5-7-9-13-20-15-11-17-24(20,3)28-22(26)19-23(27)29-25(4)18-12-16-21(25)14-10-8-6-2/h15-16H,5-14,17-19H2,1-4H3/t24-,25-/m1/s1. The number of esters is 2. The molecule has 4 nitrogen and oxygen atoms in total. The molecule has 4 heteroatoms. The van der Waals surface area contributed by atoms with Crippen LogP contribution in [0.3, 0.4) is 0 Å². The van der Waals surface area contributed by atoms with Gasteiger partial charge in [-0.1, -0.05) is 51.7 Å². The van der Waals surface area contributed by atoms with Gasteiger partial charge < -0.3 is 9.47 Å². The van der Waals surface area contributed by atoms with Crippen molar-refractivity contribution in [1.82, 2.24) is 0 Å². The lowest BCUT2D eigenvalue weighted by Gasteiger charge is -2.30. The summed E-state index contributed by atoms with van der Waals surface area (Å²) in [5, 5.41) is 0. The Morgan fingerprint density at radius 3 is 1.59 bits per heavy atom. The summed E-state index contributed by atoms with van der Waals surface area (Å²) >= 11 is 0. The summed E-state index contributed by atoms with van der Waals surface area (Å²) in [5.41, 5.74) is 1.29. The Morgan fingerprint density at radius 1 is 0.793 bits per heavy atom. The minimum absolute atomic E-state index is 0.310. The van der Waals surface area contributed by atoms with E-state index in [4.69, 9.17) is 9.47 Å². The second kappa shape index (κ2) is 11.0. The minimum atomic E-state index is -0.562. The smallest absolute Gasteiger partial charge is 0.318 e. The first-order chi connectivity index (χ1) is 13.8. The predicted molar refractivity (Wildman–Crippen MR) is 117 cm³/mol. The number of unbranched alkanes of at least 4 members (excludes halogenated alkanes) is 4. The number of hydrogen-bond acceptors (Lipinski definition) is 4. The van der Waals surface area contributed by atoms with E-state index < -0.39 is 23.1 Å². The molecule has 2 aliphatic rings. The molecule has 2 atom stereocenters. The summed E-state index contributed by atoms with van der Waals surface area (Å²) in [7, 11) is 0. The number of hydrogen-bond donors (Lipinski definition) is 0. The maximum absolute atomic E-state index is 12.5. The first-order valence-electron chi connectivity index (χ1n) is 11.7. The monoisotopic (exact) mass is 404 g/mol. The van der Waals surface area contributed by atoms with Gasteiger partial charge in [0.25, 0.3) is 0 Å². The van der Waals surface area contributed by atoms with Crippen molar-refractivity contribution in [2.45, 2.75) is 122 Å². The Bertz CT molecular complexity index is 579. The summed E-state index contributed by atoms with van der Waals surface area (Å²) < 4.78 is 11.6. The molecule has 0 fully saturated rings. The zero-order valence-electron chi connectivity index (χ0n) is 19.0. The molecule has 0 amide bonds. The van der Waals surface area contributed by atoms with Gasteiger partial charge in [-0.05, 0) is 76.4 Å². The molecule has 0 aromatic heterocycles. The molecule has 0 radical (unpaired) electrons. The highest BCUT2D eigenvalue weighted by molar-refractivity contribution is 5.91. The quantitative estimate of drug-likeness (QED) is 0.159. The van der Waals surface area contributed by atoms with Crippen LogP contribution in [0.2, 0.25) is 0 Å². The molecule has 0 saturated heterocycles. The zero-order chi connectivity index (χ0) is 21.3. The largest absolute Gasteiger partial charge is 0.454 e. The number of ether oxygens (including phenoxy) is 2. The third kappa shape index (κ3) is 6.72. The van der Waals surface area contributed by atoms with Crippen molar-refractivity contribution in [3.8, 4) is 0 Å². The molecule has 0 saturated carbocycles. The van der Waals surface area contributed by atoms with Crippen molar-refractivity contribution in [2.75, 3.05) is 0 Å². The summed E-state index contributed by atoms with van der Waals surface area (Å²) in [5.74, 6) is -0.946. The topological polar surface area (TPSA) is 52.6 Å². The van der Waals surface area contributed by atoms with E-state index >= 15 is 0 Å². The van der Waals surface area contributed by atoms with E-state index in [1.54, 1.807) is 0 Å². The SMILES string of the molecule is CCCCCC1=CCC[C@@]1(C)OC(=O)CC(=O)O[C@]1(C)CCC=C1CCCCC. The van der Waals surface area contributed by atoms with Crippen molar-refractivity contribution in [3.05, 3.63) is 23.3 Å². The average molecular weight is 405 g/mol. The Morgan fingerprint density at radius 2 is 1.21 bits per heavy atom. The Kier molecular flexibility index (Phi) is 8.98. The van der Waals surface area contributed by atoms with Crippen LogP contribution in [-0.4, -0.2) is 23.1 Å². The highest BCUT2D eigenvalue weighted by Gasteiger charge is 2.38. The van der Waals surface area contributed by atoms with Crippen LogP contribution in [0.15, 0.2) is 23.3 Å². The molecule has 29 heavy (non-hydrogen) atoms. The molecule has 0 bridgehead atoms. The molecule has 164 valence electrons. The average Bonchev–Trinajstić information content (AvgIpc) is 3.18.